The smallest absolute Gasteiger partial charge is 0.303 e. The summed E-state index contributed by atoms with van der Waals surface area (Å²) < 4.78 is 10.6. The van der Waals surface area contributed by atoms with Gasteiger partial charge < -0.3 is 19.7 Å². The molecule has 0 amide bonds. The Hall–Kier alpha value is -2.32. The summed E-state index contributed by atoms with van der Waals surface area (Å²) in [5, 5.41) is 22.3. The van der Waals surface area contributed by atoms with Crippen LogP contribution in [0.5, 0.6) is 0 Å². The number of fused-ring (bicyclic) bond motifs is 2. The Morgan fingerprint density at radius 1 is 1.16 bits per heavy atom. The van der Waals surface area contributed by atoms with Crippen molar-refractivity contribution in [3.05, 3.63) is 22.3 Å². The van der Waals surface area contributed by atoms with Gasteiger partial charge in [-0.3, -0.25) is 19.2 Å². The van der Waals surface area contributed by atoms with Crippen molar-refractivity contribution in [2.45, 2.75) is 72.2 Å². The highest BCUT2D eigenvalue weighted by Crippen LogP contribution is 2.64. The van der Waals surface area contributed by atoms with Crippen LogP contribution in [0.15, 0.2) is 22.3 Å². The molecule has 4 aliphatic carbocycles. The molecule has 8 nitrogen and oxygen atoms in total. The molecular weight excluding hydrogens is 416 g/mol. The number of hydrogen-bond donors (Lipinski definition) is 2. The molecule has 7 unspecified atom stereocenters. The van der Waals surface area contributed by atoms with Crippen LogP contribution in [0.25, 0.3) is 0 Å². The zero-order valence-corrected chi connectivity index (χ0v) is 19.1. The topological polar surface area (TPSA) is 127 Å². The maximum Gasteiger partial charge on any atom is 0.303 e. The summed E-state index contributed by atoms with van der Waals surface area (Å²) in [7, 11) is 0. The quantitative estimate of drug-likeness (QED) is 0.492. The van der Waals surface area contributed by atoms with Gasteiger partial charge >= 0.3 is 11.9 Å². The number of ether oxygens (including phenoxy) is 2. The first-order valence-corrected chi connectivity index (χ1v) is 11.1. The van der Waals surface area contributed by atoms with Crippen molar-refractivity contribution < 1.29 is 38.9 Å². The maximum absolute atomic E-state index is 13.6. The normalized spacial score (nSPS) is 40.8. The molecule has 2 N–H and O–H groups in total. The zero-order chi connectivity index (χ0) is 23.7. The lowest BCUT2D eigenvalue weighted by atomic mass is 9.51. The molecule has 8 heteroatoms. The summed E-state index contributed by atoms with van der Waals surface area (Å²) >= 11 is 0. The Kier molecular flexibility index (Phi) is 5.25. The van der Waals surface area contributed by atoms with E-state index < -0.39 is 58.6 Å². The van der Waals surface area contributed by atoms with Crippen LogP contribution in [-0.4, -0.2) is 58.6 Å². The van der Waals surface area contributed by atoms with Crippen LogP contribution < -0.4 is 0 Å². The lowest BCUT2D eigenvalue weighted by Crippen LogP contribution is -2.60. The van der Waals surface area contributed by atoms with Gasteiger partial charge in [-0.1, -0.05) is 19.4 Å². The van der Waals surface area contributed by atoms with Crippen molar-refractivity contribution >= 4 is 23.5 Å². The lowest BCUT2D eigenvalue weighted by Gasteiger charge is -2.54. The van der Waals surface area contributed by atoms with Gasteiger partial charge in [0.05, 0.1) is 5.41 Å². The summed E-state index contributed by atoms with van der Waals surface area (Å²) in [5.74, 6) is -2.83. The molecule has 7 atom stereocenters. The molecule has 1 spiro atoms. The van der Waals surface area contributed by atoms with Crippen LogP contribution in [-0.2, 0) is 28.7 Å². The summed E-state index contributed by atoms with van der Waals surface area (Å²) in [5.41, 5.74) is -0.338. The van der Waals surface area contributed by atoms with E-state index in [0.29, 0.717) is 19.3 Å². The number of aliphatic hydroxyl groups is 2. The number of aliphatic hydroxyl groups excluding tert-OH is 2. The molecule has 0 bridgehead atoms. The number of esters is 2. The molecule has 0 saturated heterocycles. The molecule has 0 heterocycles. The predicted molar refractivity (Wildman–Crippen MR) is 111 cm³/mol. The molecule has 0 radical (unpaired) electrons. The monoisotopic (exact) mass is 446 g/mol. The molecule has 1 fully saturated rings. The Labute approximate surface area is 186 Å². The van der Waals surface area contributed by atoms with Gasteiger partial charge in [0.25, 0.3) is 0 Å². The molecule has 32 heavy (non-hydrogen) atoms. The van der Waals surface area contributed by atoms with Crippen molar-refractivity contribution in [2.75, 3.05) is 6.61 Å². The second-order valence-electron chi connectivity index (χ2n) is 10.0. The highest BCUT2D eigenvalue weighted by Gasteiger charge is 2.71. The minimum absolute atomic E-state index is 0.0438. The fourth-order valence-electron chi connectivity index (χ4n) is 6.40. The van der Waals surface area contributed by atoms with E-state index in [4.69, 9.17) is 9.47 Å². The Morgan fingerprint density at radius 3 is 2.31 bits per heavy atom. The van der Waals surface area contributed by atoms with Crippen LogP contribution >= 0.6 is 0 Å². The molecular formula is C24H30O8. The van der Waals surface area contributed by atoms with E-state index in [1.807, 2.05) is 6.92 Å². The molecule has 174 valence electrons. The van der Waals surface area contributed by atoms with Crippen molar-refractivity contribution in [1.29, 1.82) is 0 Å². The van der Waals surface area contributed by atoms with Crippen molar-refractivity contribution in [3.8, 4) is 0 Å². The molecule has 4 rings (SSSR count). The second kappa shape index (κ2) is 7.35. The first-order valence-electron chi connectivity index (χ1n) is 11.1. The lowest BCUT2D eigenvalue weighted by molar-refractivity contribution is -0.159. The number of hydrogen-bond acceptors (Lipinski definition) is 8. The van der Waals surface area contributed by atoms with Gasteiger partial charge in [0, 0.05) is 36.3 Å². The third-order valence-electron chi connectivity index (χ3n) is 8.19. The van der Waals surface area contributed by atoms with Crippen LogP contribution in [0, 0.1) is 22.7 Å². The van der Waals surface area contributed by atoms with Gasteiger partial charge in [-0.05, 0) is 37.7 Å². The first-order chi connectivity index (χ1) is 14.9. The van der Waals surface area contributed by atoms with E-state index in [2.05, 4.69) is 0 Å². The predicted octanol–water partition coefficient (Wildman–Crippen LogP) is 1.42. The average molecular weight is 446 g/mol. The molecule has 0 aliphatic heterocycles. The number of Topliss-reactive ketones (excluding diaryl/α,β-unsaturated/α-hetero) is 2. The van der Waals surface area contributed by atoms with Crippen molar-refractivity contribution in [3.63, 3.8) is 0 Å². The van der Waals surface area contributed by atoms with Crippen LogP contribution in [0.1, 0.15) is 53.9 Å². The molecule has 0 aromatic rings. The molecule has 0 aromatic carbocycles. The van der Waals surface area contributed by atoms with E-state index in [1.165, 1.54) is 13.8 Å². The van der Waals surface area contributed by atoms with Gasteiger partial charge in [0.1, 0.15) is 18.8 Å². The minimum Gasteiger partial charge on any atom is -0.461 e. The second-order valence-corrected chi connectivity index (χ2v) is 10.0. The largest absolute Gasteiger partial charge is 0.461 e. The number of carbonyl (C=O) groups excluding carboxylic acids is 4. The van der Waals surface area contributed by atoms with E-state index in [9.17, 15) is 29.4 Å². The van der Waals surface area contributed by atoms with Crippen LogP contribution in [0.4, 0.5) is 0 Å². The Bertz CT molecular complexity index is 990. The standard InChI is InChI=1S/C24H30O8/c1-10-8-24(10)21(29)15-17(19(28)22(24)30)23(5)7-6-14(9-31-12(3)25)11(2)16(23)18(27)20(15)32-13(4)26/h10,16,18,20,22,27,30H,6-9H2,1-5H3. The SMILES string of the molecule is CC(=O)OCC1=C(C)C2C(O)C(OC(C)=O)C3=C(C(=O)C(O)C4(CC4C)C3=O)C2(C)CC1. The summed E-state index contributed by atoms with van der Waals surface area (Å²) in [6.45, 7) is 8.00. The van der Waals surface area contributed by atoms with E-state index in [-0.39, 0.29) is 23.7 Å². The van der Waals surface area contributed by atoms with Gasteiger partial charge in [0.15, 0.2) is 17.7 Å². The van der Waals surface area contributed by atoms with Crippen LogP contribution in [0.2, 0.25) is 0 Å². The highest BCUT2D eigenvalue weighted by molar-refractivity contribution is 6.19. The highest BCUT2D eigenvalue weighted by atomic mass is 16.6. The number of rotatable bonds is 3. The van der Waals surface area contributed by atoms with Gasteiger partial charge in [-0.2, -0.15) is 0 Å². The average Bonchev–Trinajstić information content (AvgIpc) is 3.38. The Morgan fingerprint density at radius 2 is 1.78 bits per heavy atom. The van der Waals surface area contributed by atoms with Gasteiger partial charge in [-0.25, -0.2) is 0 Å². The Balaban J connectivity index is 1.89. The van der Waals surface area contributed by atoms with E-state index in [1.54, 1.807) is 13.8 Å². The molecule has 0 aromatic heterocycles. The van der Waals surface area contributed by atoms with Crippen LogP contribution in [0.3, 0.4) is 0 Å². The summed E-state index contributed by atoms with van der Waals surface area (Å²) in [4.78, 5) is 50.4. The van der Waals surface area contributed by atoms with Gasteiger partial charge in [0.2, 0.25) is 0 Å². The summed E-state index contributed by atoms with van der Waals surface area (Å²) in [6.07, 6.45) is -2.69. The minimum atomic E-state index is -1.44. The molecule has 1 saturated carbocycles. The third kappa shape index (κ3) is 2.95. The first kappa shape index (κ1) is 22.9. The zero-order valence-electron chi connectivity index (χ0n) is 19.1. The summed E-state index contributed by atoms with van der Waals surface area (Å²) in [6, 6.07) is 0. The fourth-order valence-corrected chi connectivity index (χ4v) is 6.40. The number of carbonyl (C=O) groups is 4. The van der Waals surface area contributed by atoms with Crippen molar-refractivity contribution in [2.24, 2.45) is 22.7 Å². The van der Waals surface area contributed by atoms with Crippen molar-refractivity contribution in [1.82, 2.24) is 0 Å². The molecule has 4 aliphatic rings. The third-order valence-corrected chi connectivity index (χ3v) is 8.19. The number of ketones is 2. The maximum atomic E-state index is 13.6. The fraction of sp³-hybridized carbons (Fsp3) is 0.667. The van der Waals surface area contributed by atoms with Gasteiger partial charge in [-0.15, -0.1) is 0 Å². The van der Waals surface area contributed by atoms with E-state index >= 15 is 0 Å². The van der Waals surface area contributed by atoms with E-state index in [0.717, 1.165) is 11.1 Å².